The van der Waals surface area contributed by atoms with E-state index >= 15 is 0 Å². The summed E-state index contributed by atoms with van der Waals surface area (Å²) in [6.45, 7) is 4.02. The molecular formula is C10H23NO3S. The predicted octanol–water partition coefficient (Wildman–Crippen LogP) is 1.82. The molecule has 2 N–H and O–H groups in total. The Hall–Kier alpha value is -0.130. The maximum atomic E-state index is 10.4. The van der Waals surface area contributed by atoms with Crippen LogP contribution in [0.4, 0.5) is 0 Å². The summed E-state index contributed by atoms with van der Waals surface area (Å²) in [7, 11) is -3.76. The highest BCUT2D eigenvalue weighted by atomic mass is 32.2. The van der Waals surface area contributed by atoms with Gasteiger partial charge in [0.1, 0.15) is 0 Å². The smallest absolute Gasteiger partial charge is 0.264 e. The molecule has 0 atom stereocenters. The molecule has 0 amide bonds. The molecule has 0 aliphatic carbocycles. The molecule has 5 heteroatoms. The van der Waals surface area contributed by atoms with E-state index in [9.17, 15) is 8.42 Å². The minimum Gasteiger partial charge on any atom is -0.317 e. The molecule has 0 aromatic rings. The van der Waals surface area contributed by atoms with Gasteiger partial charge >= 0.3 is 0 Å². The van der Waals surface area contributed by atoms with E-state index in [4.69, 9.17) is 4.55 Å². The number of hydrogen-bond donors (Lipinski definition) is 2. The fourth-order valence-electron chi connectivity index (χ4n) is 1.34. The molecule has 0 aromatic carbocycles. The van der Waals surface area contributed by atoms with Gasteiger partial charge in [0.25, 0.3) is 10.1 Å². The Kier molecular flexibility index (Phi) is 9.04. The second-order valence-corrected chi connectivity index (χ2v) is 5.38. The molecular weight excluding hydrogens is 214 g/mol. The van der Waals surface area contributed by atoms with Crippen LogP contribution in [0, 0.1) is 0 Å². The van der Waals surface area contributed by atoms with Gasteiger partial charge < -0.3 is 5.32 Å². The summed E-state index contributed by atoms with van der Waals surface area (Å²) >= 11 is 0. The summed E-state index contributed by atoms with van der Waals surface area (Å²) in [6, 6.07) is 0. The van der Waals surface area contributed by atoms with Gasteiger partial charge in [0.2, 0.25) is 0 Å². The quantitative estimate of drug-likeness (QED) is 0.449. The Balaban J connectivity index is 3.06. The van der Waals surface area contributed by atoms with Crippen molar-refractivity contribution in [2.45, 2.75) is 45.4 Å². The van der Waals surface area contributed by atoms with Crippen molar-refractivity contribution >= 4 is 10.1 Å². The molecule has 4 nitrogen and oxygen atoms in total. The Morgan fingerprint density at radius 3 is 2.13 bits per heavy atom. The Bertz CT molecular complexity index is 227. The standard InChI is InChI=1S/C10H23NO3S/c1-2-3-4-5-8-11-9-6-7-10-15(12,13)14/h11H,2-10H2,1H3,(H,12,13,14). The first kappa shape index (κ1) is 14.9. The molecule has 0 heterocycles. The molecule has 0 spiro atoms. The van der Waals surface area contributed by atoms with Crippen LogP contribution in [-0.2, 0) is 10.1 Å². The third-order valence-electron chi connectivity index (χ3n) is 2.21. The highest BCUT2D eigenvalue weighted by Crippen LogP contribution is 1.97. The van der Waals surface area contributed by atoms with E-state index < -0.39 is 10.1 Å². The van der Waals surface area contributed by atoms with E-state index in [1.54, 1.807) is 0 Å². The number of nitrogens with one attached hydrogen (secondary N) is 1. The molecule has 0 rings (SSSR count). The van der Waals surface area contributed by atoms with Gasteiger partial charge in [-0.1, -0.05) is 26.2 Å². The first-order valence-corrected chi connectivity index (χ1v) is 7.33. The zero-order chi connectivity index (χ0) is 11.6. The van der Waals surface area contributed by atoms with Gasteiger partial charge in [-0.05, 0) is 32.4 Å². The van der Waals surface area contributed by atoms with Crippen LogP contribution in [0.25, 0.3) is 0 Å². The number of hydrogen-bond acceptors (Lipinski definition) is 3. The van der Waals surface area contributed by atoms with E-state index in [2.05, 4.69) is 12.2 Å². The summed E-state index contributed by atoms with van der Waals surface area (Å²) in [5, 5.41) is 3.25. The van der Waals surface area contributed by atoms with Crippen LogP contribution in [0.1, 0.15) is 45.4 Å². The molecule has 0 aliphatic rings. The van der Waals surface area contributed by atoms with Crippen molar-refractivity contribution in [3.8, 4) is 0 Å². The Labute approximate surface area is 93.2 Å². The molecule has 0 aliphatic heterocycles. The van der Waals surface area contributed by atoms with Crippen LogP contribution in [0.2, 0.25) is 0 Å². The summed E-state index contributed by atoms with van der Waals surface area (Å²) in [4.78, 5) is 0. The summed E-state index contributed by atoms with van der Waals surface area (Å²) < 4.78 is 29.2. The first-order chi connectivity index (χ1) is 7.06. The molecule has 0 saturated carbocycles. The fourth-order valence-corrected chi connectivity index (χ4v) is 1.91. The van der Waals surface area contributed by atoms with Crippen LogP contribution < -0.4 is 5.32 Å². The fraction of sp³-hybridized carbons (Fsp3) is 1.00. The van der Waals surface area contributed by atoms with Crippen LogP contribution in [0.15, 0.2) is 0 Å². The highest BCUT2D eigenvalue weighted by Gasteiger charge is 2.02. The van der Waals surface area contributed by atoms with E-state index in [-0.39, 0.29) is 5.75 Å². The second-order valence-electron chi connectivity index (χ2n) is 3.80. The average Bonchev–Trinajstić information content (AvgIpc) is 2.14. The van der Waals surface area contributed by atoms with Crippen LogP contribution in [0.3, 0.4) is 0 Å². The Morgan fingerprint density at radius 2 is 1.60 bits per heavy atom. The van der Waals surface area contributed by atoms with Crippen LogP contribution >= 0.6 is 0 Å². The van der Waals surface area contributed by atoms with Gasteiger partial charge in [-0.25, -0.2) is 0 Å². The lowest BCUT2D eigenvalue weighted by Crippen LogP contribution is -2.17. The third-order valence-corrected chi connectivity index (χ3v) is 3.02. The lowest BCUT2D eigenvalue weighted by Gasteiger charge is -2.03. The van der Waals surface area contributed by atoms with Gasteiger partial charge in [0.15, 0.2) is 0 Å². The van der Waals surface area contributed by atoms with Crippen molar-refractivity contribution in [2.24, 2.45) is 0 Å². The summed E-state index contributed by atoms with van der Waals surface area (Å²) in [6.07, 6.45) is 6.30. The van der Waals surface area contributed by atoms with Gasteiger partial charge in [-0.15, -0.1) is 0 Å². The van der Waals surface area contributed by atoms with Crippen molar-refractivity contribution in [1.82, 2.24) is 5.32 Å². The van der Waals surface area contributed by atoms with E-state index in [0.29, 0.717) is 6.42 Å². The van der Waals surface area contributed by atoms with E-state index in [1.165, 1.54) is 25.7 Å². The predicted molar refractivity (Wildman–Crippen MR) is 62.7 cm³/mol. The van der Waals surface area contributed by atoms with E-state index in [0.717, 1.165) is 19.5 Å². The zero-order valence-electron chi connectivity index (χ0n) is 9.54. The van der Waals surface area contributed by atoms with Crippen molar-refractivity contribution in [3.63, 3.8) is 0 Å². The minimum absolute atomic E-state index is 0.121. The molecule has 0 radical (unpaired) electrons. The summed E-state index contributed by atoms with van der Waals surface area (Å²) in [5.41, 5.74) is 0. The topological polar surface area (TPSA) is 66.4 Å². The number of rotatable bonds is 10. The molecule has 0 aromatic heterocycles. The molecule has 0 bridgehead atoms. The molecule has 0 saturated heterocycles. The lowest BCUT2D eigenvalue weighted by molar-refractivity contribution is 0.479. The highest BCUT2D eigenvalue weighted by molar-refractivity contribution is 7.85. The zero-order valence-corrected chi connectivity index (χ0v) is 10.4. The van der Waals surface area contributed by atoms with Crippen LogP contribution in [-0.4, -0.2) is 31.8 Å². The van der Waals surface area contributed by atoms with Crippen molar-refractivity contribution in [3.05, 3.63) is 0 Å². The van der Waals surface area contributed by atoms with Gasteiger partial charge in [0, 0.05) is 0 Å². The largest absolute Gasteiger partial charge is 0.317 e. The van der Waals surface area contributed by atoms with Gasteiger partial charge in [-0.3, -0.25) is 4.55 Å². The third kappa shape index (κ3) is 13.9. The maximum absolute atomic E-state index is 10.4. The maximum Gasteiger partial charge on any atom is 0.264 e. The summed E-state index contributed by atoms with van der Waals surface area (Å²) in [5.74, 6) is -0.121. The molecule has 15 heavy (non-hydrogen) atoms. The molecule has 0 unspecified atom stereocenters. The van der Waals surface area contributed by atoms with Crippen molar-refractivity contribution in [1.29, 1.82) is 0 Å². The van der Waals surface area contributed by atoms with Gasteiger partial charge in [0.05, 0.1) is 5.75 Å². The first-order valence-electron chi connectivity index (χ1n) is 5.72. The number of unbranched alkanes of at least 4 members (excludes halogenated alkanes) is 4. The lowest BCUT2D eigenvalue weighted by atomic mass is 10.2. The molecule has 0 fully saturated rings. The van der Waals surface area contributed by atoms with Crippen molar-refractivity contribution in [2.75, 3.05) is 18.8 Å². The molecule has 92 valence electrons. The monoisotopic (exact) mass is 237 g/mol. The average molecular weight is 237 g/mol. The normalized spacial score (nSPS) is 11.9. The second kappa shape index (κ2) is 9.12. The Morgan fingerprint density at radius 1 is 1.00 bits per heavy atom. The van der Waals surface area contributed by atoms with E-state index in [1.807, 2.05) is 0 Å². The SMILES string of the molecule is CCCCCCNCCCCS(=O)(=O)O. The van der Waals surface area contributed by atoms with Gasteiger partial charge in [-0.2, -0.15) is 8.42 Å². The minimum atomic E-state index is -3.76. The van der Waals surface area contributed by atoms with Crippen molar-refractivity contribution < 1.29 is 13.0 Å². The van der Waals surface area contributed by atoms with Crippen LogP contribution in [0.5, 0.6) is 0 Å².